The number of hydrogen-bond acceptors (Lipinski definition) is 3. The SMILES string of the molecule is NC1CC(C(=O)O)CO1. The molecule has 0 bridgehead atoms. The maximum Gasteiger partial charge on any atom is 0.308 e. The first-order chi connectivity index (χ1) is 4.20. The fourth-order valence-corrected chi connectivity index (χ4v) is 0.828. The van der Waals surface area contributed by atoms with E-state index in [9.17, 15) is 4.79 Å². The number of carboxylic acid groups (broad SMARTS) is 1. The third kappa shape index (κ3) is 1.40. The molecule has 0 aromatic rings. The van der Waals surface area contributed by atoms with E-state index >= 15 is 0 Å². The molecule has 2 unspecified atom stereocenters. The van der Waals surface area contributed by atoms with E-state index < -0.39 is 5.97 Å². The zero-order valence-corrected chi connectivity index (χ0v) is 4.91. The van der Waals surface area contributed by atoms with Gasteiger partial charge in [-0.05, 0) is 0 Å². The van der Waals surface area contributed by atoms with Crippen LogP contribution >= 0.6 is 0 Å². The van der Waals surface area contributed by atoms with Gasteiger partial charge >= 0.3 is 5.97 Å². The summed E-state index contributed by atoms with van der Waals surface area (Å²) in [6.07, 6.45) is 0.0705. The topological polar surface area (TPSA) is 72.6 Å². The summed E-state index contributed by atoms with van der Waals surface area (Å²) in [5.74, 6) is -1.21. The number of aliphatic carboxylic acids is 1. The van der Waals surface area contributed by atoms with Crippen molar-refractivity contribution in [2.75, 3.05) is 6.61 Å². The maximum atomic E-state index is 10.2. The van der Waals surface area contributed by atoms with Gasteiger partial charge in [-0.25, -0.2) is 0 Å². The number of rotatable bonds is 1. The molecule has 9 heavy (non-hydrogen) atoms. The molecule has 4 heteroatoms. The van der Waals surface area contributed by atoms with E-state index in [2.05, 4.69) is 0 Å². The number of carbonyl (C=O) groups is 1. The minimum absolute atomic E-state index is 0.260. The van der Waals surface area contributed by atoms with Crippen molar-refractivity contribution in [2.45, 2.75) is 12.6 Å². The van der Waals surface area contributed by atoms with Crippen LogP contribution in [0.25, 0.3) is 0 Å². The molecule has 0 amide bonds. The first kappa shape index (κ1) is 6.51. The largest absolute Gasteiger partial charge is 0.481 e. The summed E-state index contributed by atoms with van der Waals surface area (Å²) in [6.45, 7) is 0.260. The zero-order valence-electron chi connectivity index (χ0n) is 4.91. The molecular weight excluding hydrogens is 122 g/mol. The first-order valence-corrected chi connectivity index (χ1v) is 2.80. The first-order valence-electron chi connectivity index (χ1n) is 2.80. The van der Waals surface area contributed by atoms with Crippen LogP contribution < -0.4 is 5.73 Å². The summed E-state index contributed by atoms with van der Waals surface area (Å²) >= 11 is 0. The summed E-state index contributed by atoms with van der Waals surface area (Å²) < 4.78 is 4.82. The van der Waals surface area contributed by atoms with Crippen LogP contribution in [0.5, 0.6) is 0 Å². The van der Waals surface area contributed by atoms with Crippen molar-refractivity contribution in [3.63, 3.8) is 0 Å². The van der Waals surface area contributed by atoms with Gasteiger partial charge in [-0.15, -0.1) is 0 Å². The predicted molar refractivity (Wildman–Crippen MR) is 29.7 cm³/mol. The van der Waals surface area contributed by atoms with Crippen molar-refractivity contribution in [3.05, 3.63) is 0 Å². The van der Waals surface area contributed by atoms with Gasteiger partial charge in [0, 0.05) is 6.42 Å². The van der Waals surface area contributed by atoms with Gasteiger partial charge in [0.15, 0.2) is 0 Å². The van der Waals surface area contributed by atoms with E-state index in [1.54, 1.807) is 0 Å². The van der Waals surface area contributed by atoms with Crippen molar-refractivity contribution in [1.82, 2.24) is 0 Å². The summed E-state index contributed by atoms with van der Waals surface area (Å²) in [4.78, 5) is 10.2. The number of nitrogens with two attached hydrogens (primary N) is 1. The highest BCUT2D eigenvalue weighted by Gasteiger charge is 2.27. The fourth-order valence-electron chi connectivity index (χ4n) is 0.828. The van der Waals surface area contributed by atoms with Gasteiger partial charge in [0.1, 0.15) is 6.23 Å². The second-order valence-electron chi connectivity index (χ2n) is 2.14. The van der Waals surface area contributed by atoms with Crippen LogP contribution in [0.1, 0.15) is 6.42 Å². The number of carboxylic acids is 1. The Bertz CT molecular complexity index is 125. The molecule has 1 rings (SSSR count). The van der Waals surface area contributed by atoms with E-state index in [1.165, 1.54) is 0 Å². The van der Waals surface area contributed by atoms with Crippen molar-refractivity contribution in [2.24, 2.45) is 11.7 Å². The molecule has 1 aliphatic rings. The van der Waals surface area contributed by atoms with Gasteiger partial charge in [0.05, 0.1) is 12.5 Å². The Morgan fingerprint density at radius 1 is 1.78 bits per heavy atom. The molecule has 1 fully saturated rings. The summed E-state index contributed by atoms with van der Waals surface area (Å²) in [6, 6.07) is 0. The van der Waals surface area contributed by atoms with E-state index in [0.29, 0.717) is 6.42 Å². The van der Waals surface area contributed by atoms with Gasteiger partial charge in [-0.3, -0.25) is 4.79 Å². The Kier molecular flexibility index (Phi) is 1.68. The van der Waals surface area contributed by atoms with Crippen LogP contribution in [-0.4, -0.2) is 23.9 Å². The quantitative estimate of drug-likeness (QED) is 0.498. The normalized spacial score (nSPS) is 34.8. The Labute approximate surface area is 52.6 Å². The van der Waals surface area contributed by atoms with E-state index in [4.69, 9.17) is 15.6 Å². The van der Waals surface area contributed by atoms with Crippen LogP contribution in [0.2, 0.25) is 0 Å². The third-order valence-electron chi connectivity index (χ3n) is 1.38. The van der Waals surface area contributed by atoms with Gasteiger partial charge in [0.2, 0.25) is 0 Å². The lowest BCUT2D eigenvalue weighted by molar-refractivity contribution is -0.141. The monoisotopic (exact) mass is 131 g/mol. The highest BCUT2D eigenvalue weighted by Crippen LogP contribution is 2.15. The minimum atomic E-state index is -0.817. The molecule has 1 heterocycles. The highest BCUT2D eigenvalue weighted by molar-refractivity contribution is 5.70. The molecule has 3 N–H and O–H groups in total. The van der Waals surface area contributed by atoms with Gasteiger partial charge in [-0.1, -0.05) is 0 Å². The molecule has 0 aromatic carbocycles. The Hall–Kier alpha value is -0.610. The Morgan fingerprint density at radius 2 is 2.44 bits per heavy atom. The molecule has 0 saturated carbocycles. The Morgan fingerprint density at radius 3 is 2.67 bits per heavy atom. The number of ether oxygens (including phenoxy) is 1. The van der Waals surface area contributed by atoms with Crippen LogP contribution in [0.15, 0.2) is 0 Å². The summed E-state index contributed by atoms with van der Waals surface area (Å²) in [5, 5.41) is 8.40. The van der Waals surface area contributed by atoms with Crippen molar-refractivity contribution in [1.29, 1.82) is 0 Å². The molecule has 0 aliphatic carbocycles. The average molecular weight is 131 g/mol. The molecular formula is C5H9NO3. The second kappa shape index (κ2) is 2.33. The third-order valence-corrected chi connectivity index (χ3v) is 1.38. The van der Waals surface area contributed by atoms with Crippen LogP contribution in [-0.2, 0) is 9.53 Å². The van der Waals surface area contributed by atoms with E-state index in [1.807, 2.05) is 0 Å². The smallest absolute Gasteiger partial charge is 0.308 e. The molecule has 0 spiro atoms. The molecule has 1 saturated heterocycles. The van der Waals surface area contributed by atoms with Crippen LogP contribution in [0.3, 0.4) is 0 Å². The summed E-state index contributed by atoms with van der Waals surface area (Å²) in [7, 11) is 0. The molecule has 52 valence electrons. The van der Waals surface area contributed by atoms with Crippen LogP contribution in [0, 0.1) is 5.92 Å². The van der Waals surface area contributed by atoms with Crippen molar-refractivity contribution >= 4 is 5.97 Å². The van der Waals surface area contributed by atoms with Crippen molar-refractivity contribution in [3.8, 4) is 0 Å². The molecule has 0 radical (unpaired) electrons. The lowest BCUT2D eigenvalue weighted by atomic mass is 10.1. The minimum Gasteiger partial charge on any atom is -0.481 e. The number of hydrogen-bond donors (Lipinski definition) is 2. The average Bonchev–Trinajstić information content (AvgIpc) is 2.14. The lowest BCUT2D eigenvalue weighted by Crippen LogP contribution is -2.18. The second-order valence-corrected chi connectivity index (χ2v) is 2.14. The lowest BCUT2D eigenvalue weighted by Gasteiger charge is -1.97. The zero-order chi connectivity index (χ0) is 6.85. The van der Waals surface area contributed by atoms with Gasteiger partial charge in [-0.2, -0.15) is 0 Å². The summed E-state index contributed by atoms with van der Waals surface area (Å²) in [5.41, 5.74) is 5.28. The van der Waals surface area contributed by atoms with Crippen LogP contribution in [0.4, 0.5) is 0 Å². The molecule has 0 aromatic heterocycles. The predicted octanol–water partition coefficient (Wildman–Crippen LogP) is -0.608. The highest BCUT2D eigenvalue weighted by atomic mass is 16.5. The standard InChI is InChI=1S/C5H9NO3/c6-4-1-3(2-9-4)5(7)8/h3-4H,1-2,6H2,(H,7,8). The van der Waals surface area contributed by atoms with Crippen molar-refractivity contribution < 1.29 is 14.6 Å². The van der Waals surface area contributed by atoms with E-state index in [0.717, 1.165) is 0 Å². The maximum absolute atomic E-state index is 10.2. The molecule has 4 nitrogen and oxygen atoms in total. The molecule has 2 atom stereocenters. The fraction of sp³-hybridized carbons (Fsp3) is 0.800. The molecule has 1 aliphatic heterocycles. The van der Waals surface area contributed by atoms with Gasteiger partial charge < -0.3 is 15.6 Å². The van der Waals surface area contributed by atoms with E-state index in [-0.39, 0.29) is 18.8 Å². The van der Waals surface area contributed by atoms with Gasteiger partial charge in [0.25, 0.3) is 0 Å². The Balaban J connectivity index is 2.39.